The molecule has 3 rings (SSSR count). The normalized spacial score (nSPS) is 14.7. The molecule has 1 fully saturated rings. The minimum absolute atomic E-state index is 0.136. The molecular formula is C22H23N3O. The number of carbonyl (C=O) groups excluding carboxylic acids is 1. The zero-order valence-electron chi connectivity index (χ0n) is 14.8. The van der Waals surface area contributed by atoms with Gasteiger partial charge >= 0.3 is 0 Å². The Morgan fingerprint density at radius 1 is 1.08 bits per heavy atom. The summed E-state index contributed by atoms with van der Waals surface area (Å²) in [6, 6.07) is 22.1. The number of benzene rings is 2. The molecule has 0 radical (unpaired) electrons. The number of rotatable bonds is 6. The molecule has 2 aromatic rings. The molecule has 1 N–H and O–H groups in total. The van der Waals surface area contributed by atoms with E-state index in [0.29, 0.717) is 6.54 Å². The maximum atomic E-state index is 12.5. The van der Waals surface area contributed by atoms with E-state index < -0.39 is 0 Å². The van der Waals surface area contributed by atoms with E-state index in [1.54, 1.807) is 6.20 Å². The molecule has 0 aliphatic heterocycles. The van der Waals surface area contributed by atoms with Gasteiger partial charge in [0.05, 0.1) is 0 Å². The number of anilines is 1. The number of nitrogens with zero attached hydrogens (tertiary/aromatic N) is 2. The molecule has 1 amide bonds. The second-order valence-electron chi connectivity index (χ2n) is 6.56. The number of amides is 1. The van der Waals surface area contributed by atoms with Crippen LogP contribution in [-0.4, -0.2) is 11.9 Å². The summed E-state index contributed by atoms with van der Waals surface area (Å²) < 4.78 is 0. The van der Waals surface area contributed by atoms with Crippen LogP contribution in [-0.2, 0) is 11.3 Å². The first kappa shape index (κ1) is 17.8. The van der Waals surface area contributed by atoms with Crippen LogP contribution in [0.5, 0.6) is 0 Å². The first-order valence-electron chi connectivity index (χ1n) is 9.04. The predicted octanol–water partition coefficient (Wildman–Crippen LogP) is 4.16. The Labute approximate surface area is 154 Å². The van der Waals surface area contributed by atoms with Crippen molar-refractivity contribution < 1.29 is 4.79 Å². The zero-order valence-corrected chi connectivity index (χ0v) is 14.8. The molecule has 0 bridgehead atoms. The summed E-state index contributed by atoms with van der Waals surface area (Å²) in [6.07, 6.45) is 5.93. The van der Waals surface area contributed by atoms with Crippen molar-refractivity contribution in [3.8, 4) is 6.07 Å². The largest absolute Gasteiger partial charge is 0.349 e. The van der Waals surface area contributed by atoms with E-state index in [9.17, 15) is 10.1 Å². The molecule has 2 aromatic carbocycles. The average Bonchev–Trinajstić information content (AvgIpc) is 3.19. The molecule has 1 aliphatic rings. The summed E-state index contributed by atoms with van der Waals surface area (Å²) in [5.41, 5.74) is 2.19. The van der Waals surface area contributed by atoms with Crippen LogP contribution in [0.3, 0.4) is 0 Å². The molecule has 0 atom stereocenters. The SMILES string of the molecule is N#C/C(=C/N(Cc1ccccc1)c1ccccc1)C(=O)NC1CCCC1. The number of hydrogen-bond acceptors (Lipinski definition) is 3. The van der Waals surface area contributed by atoms with Gasteiger partial charge in [0.2, 0.25) is 0 Å². The number of carbonyl (C=O) groups is 1. The smallest absolute Gasteiger partial charge is 0.263 e. The highest BCUT2D eigenvalue weighted by atomic mass is 16.1. The summed E-state index contributed by atoms with van der Waals surface area (Å²) >= 11 is 0. The number of nitrogens with one attached hydrogen (secondary N) is 1. The van der Waals surface area contributed by atoms with Crippen LogP contribution in [0.1, 0.15) is 31.2 Å². The quantitative estimate of drug-likeness (QED) is 0.632. The number of nitriles is 1. The van der Waals surface area contributed by atoms with Gasteiger partial charge in [-0.25, -0.2) is 0 Å². The maximum absolute atomic E-state index is 12.5. The molecule has 1 saturated carbocycles. The lowest BCUT2D eigenvalue weighted by atomic mass is 10.1. The standard InChI is InChI=1S/C22H23N3O/c23-15-19(22(26)24-20-11-7-8-12-20)17-25(21-13-5-2-6-14-21)16-18-9-3-1-4-10-18/h1-6,9-10,13-14,17,20H,7-8,11-12,16H2,(H,24,26)/b19-17-. The van der Waals surface area contributed by atoms with E-state index in [0.717, 1.165) is 36.9 Å². The van der Waals surface area contributed by atoms with Crippen molar-refractivity contribution in [2.75, 3.05) is 4.90 Å². The van der Waals surface area contributed by atoms with Crippen molar-refractivity contribution in [1.29, 1.82) is 5.26 Å². The van der Waals surface area contributed by atoms with Crippen molar-refractivity contribution in [2.45, 2.75) is 38.3 Å². The van der Waals surface area contributed by atoms with Gasteiger partial charge in [0.1, 0.15) is 11.6 Å². The lowest BCUT2D eigenvalue weighted by Crippen LogP contribution is -2.34. The van der Waals surface area contributed by atoms with Gasteiger partial charge in [0.15, 0.2) is 0 Å². The average molecular weight is 345 g/mol. The Hall–Kier alpha value is -3.06. The van der Waals surface area contributed by atoms with Crippen molar-refractivity contribution in [1.82, 2.24) is 5.32 Å². The van der Waals surface area contributed by atoms with E-state index in [-0.39, 0.29) is 17.5 Å². The third kappa shape index (κ3) is 4.73. The van der Waals surface area contributed by atoms with Crippen LogP contribution in [0.4, 0.5) is 5.69 Å². The van der Waals surface area contributed by atoms with E-state index in [4.69, 9.17) is 0 Å². The van der Waals surface area contributed by atoms with Gasteiger partial charge in [-0.3, -0.25) is 4.79 Å². The number of hydrogen-bond donors (Lipinski definition) is 1. The fourth-order valence-corrected chi connectivity index (χ4v) is 3.24. The fraction of sp³-hybridized carbons (Fsp3) is 0.273. The van der Waals surface area contributed by atoms with Gasteiger partial charge in [0, 0.05) is 24.5 Å². The third-order valence-corrected chi connectivity index (χ3v) is 4.62. The van der Waals surface area contributed by atoms with Crippen LogP contribution in [0.25, 0.3) is 0 Å². The summed E-state index contributed by atoms with van der Waals surface area (Å²) in [6.45, 7) is 0.590. The van der Waals surface area contributed by atoms with E-state index in [2.05, 4.69) is 11.4 Å². The van der Waals surface area contributed by atoms with Crippen LogP contribution in [0, 0.1) is 11.3 Å². The maximum Gasteiger partial charge on any atom is 0.263 e. The van der Waals surface area contributed by atoms with Crippen LogP contribution in [0.2, 0.25) is 0 Å². The highest BCUT2D eigenvalue weighted by molar-refractivity contribution is 5.97. The summed E-state index contributed by atoms with van der Waals surface area (Å²) in [4.78, 5) is 14.5. The molecule has 4 nitrogen and oxygen atoms in total. The predicted molar refractivity (Wildman–Crippen MR) is 103 cm³/mol. The molecule has 4 heteroatoms. The van der Waals surface area contributed by atoms with Gasteiger partial charge in [-0.1, -0.05) is 61.4 Å². The lowest BCUT2D eigenvalue weighted by molar-refractivity contribution is -0.117. The first-order valence-corrected chi connectivity index (χ1v) is 9.04. The minimum atomic E-state index is -0.284. The molecule has 0 spiro atoms. The second-order valence-corrected chi connectivity index (χ2v) is 6.56. The Morgan fingerprint density at radius 2 is 1.69 bits per heavy atom. The second kappa shape index (κ2) is 8.87. The molecule has 132 valence electrons. The monoisotopic (exact) mass is 345 g/mol. The Kier molecular flexibility index (Phi) is 6.05. The van der Waals surface area contributed by atoms with E-state index in [1.165, 1.54) is 0 Å². The van der Waals surface area contributed by atoms with Crippen LogP contribution < -0.4 is 10.2 Å². The van der Waals surface area contributed by atoms with E-state index >= 15 is 0 Å². The third-order valence-electron chi connectivity index (χ3n) is 4.62. The topological polar surface area (TPSA) is 56.1 Å². The van der Waals surface area contributed by atoms with Crippen LogP contribution in [0.15, 0.2) is 72.4 Å². The van der Waals surface area contributed by atoms with Crippen molar-refractivity contribution in [2.24, 2.45) is 0 Å². The van der Waals surface area contributed by atoms with Crippen molar-refractivity contribution >= 4 is 11.6 Å². The van der Waals surface area contributed by atoms with Crippen LogP contribution >= 0.6 is 0 Å². The Balaban J connectivity index is 1.83. The minimum Gasteiger partial charge on any atom is -0.349 e. The molecule has 0 heterocycles. The highest BCUT2D eigenvalue weighted by Crippen LogP contribution is 2.20. The molecular weight excluding hydrogens is 322 g/mol. The number of para-hydroxylation sites is 1. The molecule has 1 aliphatic carbocycles. The van der Waals surface area contributed by atoms with Gasteiger partial charge in [-0.05, 0) is 30.5 Å². The van der Waals surface area contributed by atoms with Gasteiger partial charge < -0.3 is 10.2 Å². The van der Waals surface area contributed by atoms with Gasteiger partial charge in [0.25, 0.3) is 5.91 Å². The van der Waals surface area contributed by atoms with Crippen molar-refractivity contribution in [3.05, 3.63) is 78.0 Å². The molecule has 0 aromatic heterocycles. The van der Waals surface area contributed by atoms with Gasteiger partial charge in [-0.2, -0.15) is 5.26 Å². The zero-order chi connectivity index (χ0) is 18.2. The Bertz CT molecular complexity index is 787. The lowest BCUT2D eigenvalue weighted by Gasteiger charge is -2.21. The molecule has 0 unspecified atom stereocenters. The molecule has 26 heavy (non-hydrogen) atoms. The molecule has 0 saturated heterocycles. The first-order chi connectivity index (χ1) is 12.8. The van der Waals surface area contributed by atoms with Gasteiger partial charge in [-0.15, -0.1) is 0 Å². The summed E-state index contributed by atoms with van der Waals surface area (Å²) in [7, 11) is 0. The Morgan fingerprint density at radius 3 is 2.31 bits per heavy atom. The van der Waals surface area contributed by atoms with E-state index in [1.807, 2.05) is 65.6 Å². The fourth-order valence-electron chi connectivity index (χ4n) is 3.24. The summed E-state index contributed by atoms with van der Waals surface area (Å²) in [5.74, 6) is -0.284. The summed E-state index contributed by atoms with van der Waals surface area (Å²) in [5, 5.41) is 12.5. The highest BCUT2D eigenvalue weighted by Gasteiger charge is 2.20. The van der Waals surface area contributed by atoms with Crippen molar-refractivity contribution in [3.63, 3.8) is 0 Å².